The van der Waals surface area contributed by atoms with Crippen LogP contribution in [0, 0.1) is 0 Å². The fourth-order valence-electron chi connectivity index (χ4n) is 3.54. The number of amides is 1. The fraction of sp³-hybridized carbons (Fsp3) is 0.625. The fourth-order valence-corrected chi connectivity index (χ4v) is 3.54. The van der Waals surface area contributed by atoms with Gasteiger partial charge >= 0.3 is 0 Å². The number of nitrogens with one attached hydrogen (secondary N) is 1. The second-order valence-corrected chi connectivity index (χ2v) is 6.22. The lowest BCUT2D eigenvalue weighted by Crippen LogP contribution is -2.38. The summed E-state index contributed by atoms with van der Waals surface area (Å²) in [4.78, 5) is 24.7. The third-order valence-corrected chi connectivity index (χ3v) is 4.85. The van der Waals surface area contributed by atoms with Crippen LogP contribution >= 0.6 is 0 Å². The van der Waals surface area contributed by atoms with Crippen molar-refractivity contribution < 1.29 is 4.79 Å². The van der Waals surface area contributed by atoms with Crippen LogP contribution in [0.15, 0.2) is 10.9 Å². The van der Waals surface area contributed by atoms with Gasteiger partial charge in [-0.2, -0.15) is 0 Å². The van der Waals surface area contributed by atoms with Crippen LogP contribution < -0.4 is 10.9 Å². The number of fused-ring (bicyclic) bond motifs is 1. The average molecular weight is 274 g/mol. The minimum absolute atomic E-state index is 0.159. The lowest BCUT2D eigenvalue weighted by atomic mass is 10.0. The SMILES string of the molecule is C[C@@H]1CCc2c1cc(C(=O)NC1CCCC1)c(=O)n2C. The van der Waals surface area contributed by atoms with Gasteiger partial charge in [-0.15, -0.1) is 0 Å². The molecule has 0 bridgehead atoms. The maximum atomic E-state index is 12.4. The van der Waals surface area contributed by atoms with Crippen molar-refractivity contribution >= 4 is 5.91 Å². The van der Waals surface area contributed by atoms with Crippen LogP contribution in [0.4, 0.5) is 0 Å². The summed E-state index contributed by atoms with van der Waals surface area (Å²) in [7, 11) is 1.78. The van der Waals surface area contributed by atoms with Gasteiger partial charge in [-0.25, -0.2) is 0 Å². The molecule has 1 amide bonds. The van der Waals surface area contributed by atoms with Crippen LogP contribution in [0.2, 0.25) is 0 Å². The summed E-state index contributed by atoms with van der Waals surface area (Å²) in [5.74, 6) is 0.245. The molecule has 1 fully saturated rings. The molecule has 1 atom stereocenters. The number of hydrogen-bond acceptors (Lipinski definition) is 2. The molecule has 2 aliphatic carbocycles. The van der Waals surface area contributed by atoms with Crippen LogP contribution in [0.25, 0.3) is 0 Å². The highest BCUT2D eigenvalue weighted by Crippen LogP contribution is 2.31. The highest BCUT2D eigenvalue weighted by Gasteiger charge is 2.26. The van der Waals surface area contributed by atoms with E-state index in [4.69, 9.17) is 0 Å². The lowest BCUT2D eigenvalue weighted by molar-refractivity contribution is 0.0935. The van der Waals surface area contributed by atoms with E-state index in [1.807, 2.05) is 6.07 Å². The monoisotopic (exact) mass is 274 g/mol. The smallest absolute Gasteiger partial charge is 0.263 e. The van der Waals surface area contributed by atoms with Gasteiger partial charge in [0.15, 0.2) is 0 Å². The van der Waals surface area contributed by atoms with E-state index in [1.54, 1.807) is 11.6 Å². The number of nitrogens with zero attached hydrogens (tertiary/aromatic N) is 1. The Morgan fingerprint density at radius 3 is 2.70 bits per heavy atom. The summed E-state index contributed by atoms with van der Waals surface area (Å²) in [6, 6.07) is 2.08. The minimum atomic E-state index is -0.195. The molecule has 1 saturated carbocycles. The highest BCUT2D eigenvalue weighted by molar-refractivity contribution is 5.94. The molecule has 0 spiro atoms. The summed E-state index contributed by atoms with van der Waals surface area (Å²) in [6.45, 7) is 2.16. The van der Waals surface area contributed by atoms with Crippen molar-refractivity contribution in [2.75, 3.05) is 0 Å². The van der Waals surface area contributed by atoms with E-state index in [2.05, 4.69) is 12.2 Å². The highest BCUT2D eigenvalue weighted by atomic mass is 16.2. The van der Waals surface area contributed by atoms with E-state index < -0.39 is 0 Å². The third kappa shape index (κ3) is 2.17. The Morgan fingerprint density at radius 1 is 1.30 bits per heavy atom. The topological polar surface area (TPSA) is 51.1 Å². The van der Waals surface area contributed by atoms with Crippen molar-refractivity contribution in [1.82, 2.24) is 9.88 Å². The lowest BCUT2D eigenvalue weighted by Gasteiger charge is -2.15. The molecule has 2 aliphatic rings. The molecule has 1 aromatic heterocycles. The maximum Gasteiger partial charge on any atom is 0.263 e. The maximum absolute atomic E-state index is 12.4. The molecule has 1 N–H and O–H groups in total. The third-order valence-electron chi connectivity index (χ3n) is 4.85. The van der Waals surface area contributed by atoms with Crippen molar-refractivity contribution in [2.24, 2.45) is 7.05 Å². The molecule has 1 heterocycles. The normalized spacial score (nSPS) is 22.0. The summed E-state index contributed by atoms with van der Waals surface area (Å²) in [5, 5.41) is 3.02. The molecule has 0 aliphatic heterocycles. The number of pyridine rings is 1. The van der Waals surface area contributed by atoms with Crippen molar-refractivity contribution in [3.8, 4) is 0 Å². The van der Waals surface area contributed by atoms with E-state index in [0.717, 1.165) is 31.4 Å². The van der Waals surface area contributed by atoms with E-state index in [1.165, 1.54) is 18.4 Å². The van der Waals surface area contributed by atoms with Crippen LogP contribution in [-0.4, -0.2) is 16.5 Å². The van der Waals surface area contributed by atoms with E-state index in [0.29, 0.717) is 11.5 Å². The Labute approximate surface area is 119 Å². The average Bonchev–Trinajstić information content (AvgIpc) is 3.04. The van der Waals surface area contributed by atoms with E-state index in [9.17, 15) is 9.59 Å². The second-order valence-electron chi connectivity index (χ2n) is 6.22. The number of aromatic nitrogens is 1. The van der Waals surface area contributed by atoms with Gasteiger partial charge < -0.3 is 9.88 Å². The molecule has 0 radical (unpaired) electrons. The van der Waals surface area contributed by atoms with E-state index in [-0.39, 0.29) is 17.5 Å². The molecular weight excluding hydrogens is 252 g/mol. The predicted octanol–water partition coefficient (Wildman–Crippen LogP) is 2.11. The molecule has 4 nitrogen and oxygen atoms in total. The molecule has 1 aromatic rings. The Balaban J connectivity index is 1.93. The van der Waals surface area contributed by atoms with Gasteiger partial charge in [0.25, 0.3) is 11.5 Å². The Kier molecular flexibility index (Phi) is 3.40. The van der Waals surface area contributed by atoms with Gasteiger partial charge in [-0.3, -0.25) is 9.59 Å². The molecule has 4 heteroatoms. The zero-order chi connectivity index (χ0) is 14.3. The van der Waals surface area contributed by atoms with Gasteiger partial charge in [-0.05, 0) is 43.2 Å². The van der Waals surface area contributed by atoms with Gasteiger partial charge in [0.2, 0.25) is 0 Å². The van der Waals surface area contributed by atoms with E-state index >= 15 is 0 Å². The number of carbonyl (C=O) groups is 1. The van der Waals surface area contributed by atoms with Crippen LogP contribution in [-0.2, 0) is 13.5 Å². The van der Waals surface area contributed by atoms with Gasteiger partial charge in [-0.1, -0.05) is 19.8 Å². The summed E-state index contributed by atoms with van der Waals surface area (Å²) in [6.07, 6.45) is 6.41. The zero-order valence-electron chi connectivity index (χ0n) is 12.2. The first kappa shape index (κ1) is 13.4. The Bertz CT molecular complexity index is 597. The summed E-state index contributed by atoms with van der Waals surface area (Å²) >= 11 is 0. The molecule has 0 saturated heterocycles. The first-order valence-electron chi connectivity index (χ1n) is 7.61. The quantitative estimate of drug-likeness (QED) is 0.898. The van der Waals surface area contributed by atoms with Crippen molar-refractivity contribution in [2.45, 2.75) is 57.4 Å². The predicted molar refractivity (Wildman–Crippen MR) is 78.1 cm³/mol. The van der Waals surface area contributed by atoms with Crippen molar-refractivity contribution in [1.29, 1.82) is 0 Å². The van der Waals surface area contributed by atoms with Crippen LogP contribution in [0.1, 0.15) is 66.6 Å². The van der Waals surface area contributed by atoms with Gasteiger partial charge in [0.05, 0.1) is 0 Å². The summed E-state index contributed by atoms with van der Waals surface area (Å²) < 4.78 is 1.67. The second kappa shape index (κ2) is 5.08. The molecular formula is C16H22N2O2. The first-order chi connectivity index (χ1) is 9.58. The number of rotatable bonds is 2. The Hall–Kier alpha value is -1.58. The molecule has 0 unspecified atom stereocenters. The molecule has 108 valence electrons. The number of hydrogen-bond donors (Lipinski definition) is 1. The largest absolute Gasteiger partial charge is 0.349 e. The van der Waals surface area contributed by atoms with Crippen molar-refractivity contribution in [3.63, 3.8) is 0 Å². The minimum Gasteiger partial charge on any atom is -0.349 e. The van der Waals surface area contributed by atoms with Gasteiger partial charge in [0.1, 0.15) is 5.56 Å². The molecule has 3 rings (SSSR count). The van der Waals surface area contributed by atoms with Gasteiger partial charge in [0, 0.05) is 18.8 Å². The van der Waals surface area contributed by atoms with Crippen molar-refractivity contribution in [3.05, 3.63) is 33.2 Å². The first-order valence-corrected chi connectivity index (χ1v) is 7.61. The van der Waals surface area contributed by atoms with Crippen LogP contribution in [0.5, 0.6) is 0 Å². The standard InChI is InChI=1S/C16H22N2O2/c1-10-7-8-14-12(10)9-13(16(20)18(14)2)15(19)17-11-5-3-4-6-11/h9-11H,3-8H2,1-2H3,(H,17,19)/t10-/m1/s1. The summed E-state index contributed by atoms with van der Waals surface area (Å²) in [5.41, 5.74) is 2.42. The molecule has 0 aromatic carbocycles. The zero-order valence-corrected chi connectivity index (χ0v) is 12.2. The number of carbonyl (C=O) groups excluding carboxylic acids is 1. The van der Waals surface area contributed by atoms with Crippen LogP contribution in [0.3, 0.4) is 0 Å². The Morgan fingerprint density at radius 2 is 2.00 bits per heavy atom. The molecule has 20 heavy (non-hydrogen) atoms.